The van der Waals surface area contributed by atoms with Crippen LogP contribution in [0.2, 0.25) is 0 Å². The number of nitrogens with one attached hydrogen (secondary N) is 2. The number of morpholine rings is 1. The predicted octanol–water partition coefficient (Wildman–Crippen LogP) is 3.04. The quantitative estimate of drug-likeness (QED) is 0.664. The lowest BCUT2D eigenvalue weighted by atomic mass is 10.0. The molecular formula is C24H30F2N4O3. The number of anilines is 1. The number of amides is 2. The van der Waals surface area contributed by atoms with Crippen LogP contribution >= 0.6 is 0 Å². The maximum Gasteiger partial charge on any atom is 0.257 e. The SMILES string of the molecule is CC1CN(c2ccc(CNC(=O)[C@@H](NC(=O)c3c(F)cccc3F)C(C)C)cn2)CC(C)O1. The van der Waals surface area contributed by atoms with E-state index < -0.39 is 35.1 Å². The molecule has 2 heterocycles. The standard InChI is InChI=1S/C24H30F2N4O3/c1-14(2)22(29-23(31)21-18(25)6-5-7-19(21)26)24(32)28-11-17-8-9-20(27-10-17)30-12-15(3)33-16(4)13-30/h5-10,14-16,22H,11-13H2,1-4H3,(H,28,32)(H,29,31)/t15?,16?,22-/m0/s1. The number of nitrogens with zero attached hydrogens (tertiary/aromatic N) is 2. The molecule has 0 aliphatic carbocycles. The van der Waals surface area contributed by atoms with Crippen molar-refractivity contribution in [2.24, 2.45) is 5.92 Å². The highest BCUT2D eigenvalue weighted by Crippen LogP contribution is 2.18. The fraction of sp³-hybridized carbons (Fsp3) is 0.458. The minimum atomic E-state index is -0.981. The van der Waals surface area contributed by atoms with Crippen LogP contribution in [-0.2, 0) is 16.1 Å². The predicted molar refractivity (Wildman–Crippen MR) is 121 cm³/mol. The van der Waals surface area contributed by atoms with Crippen LogP contribution in [0.25, 0.3) is 0 Å². The summed E-state index contributed by atoms with van der Waals surface area (Å²) < 4.78 is 33.6. The Kier molecular flexibility index (Phi) is 7.97. The summed E-state index contributed by atoms with van der Waals surface area (Å²) in [5, 5.41) is 5.21. The smallest absolute Gasteiger partial charge is 0.257 e. The third-order valence-corrected chi connectivity index (χ3v) is 5.45. The molecule has 1 aromatic carbocycles. The maximum absolute atomic E-state index is 13.9. The van der Waals surface area contributed by atoms with Crippen molar-refractivity contribution in [1.29, 1.82) is 0 Å². The highest BCUT2D eigenvalue weighted by Gasteiger charge is 2.27. The summed E-state index contributed by atoms with van der Waals surface area (Å²) >= 11 is 0. The Morgan fingerprint density at radius 1 is 1.12 bits per heavy atom. The van der Waals surface area contributed by atoms with Crippen molar-refractivity contribution in [2.45, 2.75) is 52.5 Å². The van der Waals surface area contributed by atoms with Gasteiger partial charge in [0, 0.05) is 25.8 Å². The molecule has 1 aliphatic rings. The highest BCUT2D eigenvalue weighted by molar-refractivity contribution is 5.98. The monoisotopic (exact) mass is 460 g/mol. The van der Waals surface area contributed by atoms with Crippen LogP contribution in [0.5, 0.6) is 0 Å². The number of hydrogen-bond acceptors (Lipinski definition) is 5. The van der Waals surface area contributed by atoms with Crippen molar-refractivity contribution in [3.8, 4) is 0 Å². The van der Waals surface area contributed by atoms with Crippen LogP contribution in [0.15, 0.2) is 36.5 Å². The molecule has 2 amide bonds. The molecule has 1 fully saturated rings. The van der Waals surface area contributed by atoms with Gasteiger partial charge in [-0.3, -0.25) is 9.59 Å². The second kappa shape index (κ2) is 10.7. The minimum Gasteiger partial charge on any atom is -0.372 e. The second-order valence-corrected chi connectivity index (χ2v) is 8.70. The number of halogens is 2. The van der Waals surface area contributed by atoms with Crippen molar-refractivity contribution in [1.82, 2.24) is 15.6 Å². The second-order valence-electron chi connectivity index (χ2n) is 8.70. The van der Waals surface area contributed by atoms with E-state index >= 15 is 0 Å². The van der Waals surface area contributed by atoms with E-state index in [-0.39, 0.29) is 24.7 Å². The third kappa shape index (κ3) is 6.25. The van der Waals surface area contributed by atoms with Gasteiger partial charge in [0.25, 0.3) is 5.91 Å². The molecule has 9 heteroatoms. The molecule has 178 valence electrons. The van der Waals surface area contributed by atoms with E-state index in [1.54, 1.807) is 20.0 Å². The average molecular weight is 461 g/mol. The van der Waals surface area contributed by atoms with Crippen LogP contribution in [0.1, 0.15) is 43.6 Å². The van der Waals surface area contributed by atoms with Crippen LogP contribution in [0.3, 0.4) is 0 Å². The van der Waals surface area contributed by atoms with E-state index in [9.17, 15) is 18.4 Å². The molecule has 1 aliphatic heterocycles. The third-order valence-electron chi connectivity index (χ3n) is 5.45. The number of ether oxygens (including phenoxy) is 1. The fourth-order valence-electron chi connectivity index (χ4n) is 3.84. The summed E-state index contributed by atoms with van der Waals surface area (Å²) in [6, 6.07) is 5.99. The Hall–Kier alpha value is -3.07. The Morgan fingerprint density at radius 3 is 2.30 bits per heavy atom. The first-order chi connectivity index (χ1) is 15.7. The van der Waals surface area contributed by atoms with Gasteiger partial charge >= 0.3 is 0 Å². The van der Waals surface area contributed by atoms with E-state index in [4.69, 9.17) is 4.74 Å². The number of rotatable bonds is 7. The molecule has 0 radical (unpaired) electrons. The van der Waals surface area contributed by atoms with Gasteiger partial charge < -0.3 is 20.3 Å². The number of carbonyl (C=O) groups excluding carboxylic acids is 2. The summed E-state index contributed by atoms with van der Waals surface area (Å²) in [6.07, 6.45) is 1.93. The number of carbonyl (C=O) groups is 2. The van der Waals surface area contributed by atoms with Gasteiger partial charge in [-0.05, 0) is 43.5 Å². The van der Waals surface area contributed by atoms with E-state index in [2.05, 4.69) is 20.5 Å². The molecule has 33 heavy (non-hydrogen) atoms. The molecule has 3 atom stereocenters. The molecule has 2 unspecified atom stereocenters. The lowest BCUT2D eigenvalue weighted by Gasteiger charge is -2.36. The fourth-order valence-corrected chi connectivity index (χ4v) is 3.84. The van der Waals surface area contributed by atoms with Gasteiger partial charge in [-0.15, -0.1) is 0 Å². The minimum absolute atomic E-state index is 0.121. The number of pyridine rings is 1. The molecule has 3 rings (SSSR count). The molecule has 7 nitrogen and oxygen atoms in total. The lowest BCUT2D eigenvalue weighted by molar-refractivity contribution is -0.124. The van der Waals surface area contributed by atoms with Gasteiger partial charge in [-0.2, -0.15) is 0 Å². The van der Waals surface area contributed by atoms with Crippen LogP contribution in [0, 0.1) is 17.6 Å². The summed E-state index contributed by atoms with van der Waals surface area (Å²) in [6.45, 7) is 9.24. The van der Waals surface area contributed by atoms with Crippen molar-refractivity contribution in [3.63, 3.8) is 0 Å². The first kappa shape index (κ1) is 24.6. The van der Waals surface area contributed by atoms with Crippen LogP contribution in [0.4, 0.5) is 14.6 Å². The summed E-state index contributed by atoms with van der Waals surface area (Å²) in [5.41, 5.74) is 0.0814. The largest absolute Gasteiger partial charge is 0.372 e. The van der Waals surface area contributed by atoms with Gasteiger partial charge in [0.15, 0.2) is 0 Å². The molecule has 1 saturated heterocycles. The molecule has 0 spiro atoms. The van der Waals surface area contributed by atoms with E-state index in [1.165, 1.54) is 6.07 Å². The number of hydrogen-bond donors (Lipinski definition) is 2. The van der Waals surface area contributed by atoms with Crippen molar-refractivity contribution in [3.05, 3.63) is 59.3 Å². The molecule has 2 N–H and O–H groups in total. The van der Waals surface area contributed by atoms with E-state index in [0.717, 1.165) is 36.6 Å². The van der Waals surface area contributed by atoms with Gasteiger partial charge in [0.05, 0.1) is 12.2 Å². The summed E-state index contributed by atoms with van der Waals surface area (Å²) in [7, 11) is 0. The first-order valence-corrected chi connectivity index (χ1v) is 11.0. The van der Waals surface area contributed by atoms with Crippen molar-refractivity contribution in [2.75, 3.05) is 18.0 Å². The molecule has 0 saturated carbocycles. The van der Waals surface area contributed by atoms with E-state index in [0.29, 0.717) is 0 Å². The number of aromatic nitrogens is 1. The maximum atomic E-state index is 13.9. The molecule has 1 aromatic heterocycles. The molecule has 2 aromatic rings. The van der Waals surface area contributed by atoms with Gasteiger partial charge in [-0.1, -0.05) is 26.0 Å². The van der Waals surface area contributed by atoms with Crippen molar-refractivity contribution < 1.29 is 23.1 Å². The summed E-state index contributed by atoms with van der Waals surface area (Å²) in [4.78, 5) is 31.8. The normalized spacial score (nSPS) is 19.3. The Balaban J connectivity index is 1.60. The van der Waals surface area contributed by atoms with Crippen LogP contribution < -0.4 is 15.5 Å². The zero-order valence-electron chi connectivity index (χ0n) is 19.3. The molecule has 0 bridgehead atoms. The Bertz CT molecular complexity index is 954. The zero-order chi connectivity index (χ0) is 24.1. The summed E-state index contributed by atoms with van der Waals surface area (Å²) in [5.74, 6) is -2.84. The Morgan fingerprint density at radius 2 is 1.76 bits per heavy atom. The van der Waals surface area contributed by atoms with Gasteiger partial charge in [-0.25, -0.2) is 13.8 Å². The lowest BCUT2D eigenvalue weighted by Crippen LogP contribution is -2.49. The topological polar surface area (TPSA) is 83.6 Å². The average Bonchev–Trinajstić information content (AvgIpc) is 2.75. The first-order valence-electron chi connectivity index (χ1n) is 11.0. The highest BCUT2D eigenvalue weighted by atomic mass is 19.1. The number of benzene rings is 1. The van der Waals surface area contributed by atoms with Gasteiger partial charge in [0.2, 0.25) is 5.91 Å². The molecular weight excluding hydrogens is 430 g/mol. The van der Waals surface area contributed by atoms with Crippen molar-refractivity contribution >= 4 is 17.6 Å². The van der Waals surface area contributed by atoms with Crippen LogP contribution in [-0.4, -0.2) is 48.1 Å². The Labute approximate surface area is 192 Å². The van der Waals surface area contributed by atoms with E-state index in [1.807, 2.05) is 26.0 Å². The van der Waals surface area contributed by atoms with Gasteiger partial charge in [0.1, 0.15) is 29.1 Å². The zero-order valence-corrected chi connectivity index (χ0v) is 19.3.